The van der Waals surface area contributed by atoms with E-state index in [0.717, 1.165) is 16.8 Å². The second-order valence-corrected chi connectivity index (χ2v) is 6.17. The van der Waals surface area contributed by atoms with Crippen molar-refractivity contribution in [3.05, 3.63) is 63.6 Å². The molecule has 2 aromatic rings. The summed E-state index contributed by atoms with van der Waals surface area (Å²) in [6.45, 7) is 2.86. The van der Waals surface area contributed by atoms with Crippen LogP contribution in [0.2, 0.25) is 10.0 Å². The molecule has 0 aliphatic heterocycles. The number of amides is 1. The van der Waals surface area contributed by atoms with Gasteiger partial charge in [0.15, 0.2) is 0 Å². The van der Waals surface area contributed by atoms with Gasteiger partial charge in [-0.1, -0.05) is 41.4 Å². The van der Waals surface area contributed by atoms with Crippen molar-refractivity contribution in [1.82, 2.24) is 4.90 Å². The maximum absolute atomic E-state index is 12.1. The molecule has 0 radical (unpaired) electrons. The lowest BCUT2D eigenvalue weighted by atomic mass is 10.2. The Morgan fingerprint density at radius 3 is 2.64 bits per heavy atom. The van der Waals surface area contributed by atoms with Gasteiger partial charge in [-0.3, -0.25) is 9.69 Å². The van der Waals surface area contributed by atoms with Crippen LogP contribution in [0.25, 0.3) is 0 Å². The Hall–Kier alpha value is -1.55. The van der Waals surface area contributed by atoms with Crippen LogP contribution in [-0.2, 0) is 11.3 Å². The molecule has 1 N–H and O–H groups in total. The number of benzene rings is 2. The Bertz CT molecular complexity index is 673. The van der Waals surface area contributed by atoms with Crippen molar-refractivity contribution < 1.29 is 4.79 Å². The van der Waals surface area contributed by atoms with E-state index >= 15 is 0 Å². The highest BCUT2D eigenvalue weighted by Gasteiger charge is 2.10. The van der Waals surface area contributed by atoms with E-state index in [4.69, 9.17) is 23.2 Å². The van der Waals surface area contributed by atoms with E-state index in [0.29, 0.717) is 16.6 Å². The summed E-state index contributed by atoms with van der Waals surface area (Å²) in [7, 11) is 1.88. The minimum absolute atomic E-state index is 0.0572. The van der Waals surface area contributed by atoms with Gasteiger partial charge in [-0.15, -0.1) is 0 Å². The van der Waals surface area contributed by atoms with Crippen molar-refractivity contribution >= 4 is 34.8 Å². The van der Waals surface area contributed by atoms with Crippen LogP contribution in [0.15, 0.2) is 42.5 Å². The maximum Gasteiger partial charge on any atom is 0.238 e. The summed E-state index contributed by atoms with van der Waals surface area (Å²) in [5.74, 6) is -0.0572. The quantitative estimate of drug-likeness (QED) is 0.879. The van der Waals surface area contributed by atoms with Gasteiger partial charge in [0.05, 0.1) is 6.54 Å². The van der Waals surface area contributed by atoms with Crippen LogP contribution >= 0.6 is 23.2 Å². The number of nitrogens with one attached hydrogen (secondary N) is 1. The topological polar surface area (TPSA) is 32.3 Å². The fraction of sp³-hybridized carbons (Fsp3) is 0.235. The van der Waals surface area contributed by atoms with Crippen molar-refractivity contribution in [3.8, 4) is 0 Å². The second-order valence-electron chi connectivity index (χ2n) is 5.33. The molecule has 0 aliphatic rings. The van der Waals surface area contributed by atoms with E-state index in [2.05, 4.69) is 5.32 Å². The maximum atomic E-state index is 12.1. The van der Waals surface area contributed by atoms with E-state index in [1.54, 1.807) is 12.1 Å². The lowest BCUT2D eigenvalue weighted by Crippen LogP contribution is -2.29. The molecule has 0 fully saturated rings. The molecule has 5 heteroatoms. The average molecular weight is 337 g/mol. The Kier molecular flexibility index (Phi) is 5.83. The third-order valence-electron chi connectivity index (χ3n) is 3.17. The lowest BCUT2D eigenvalue weighted by Gasteiger charge is -2.17. The van der Waals surface area contributed by atoms with Gasteiger partial charge in [-0.25, -0.2) is 0 Å². The van der Waals surface area contributed by atoms with Gasteiger partial charge < -0.3 is 5.32 Å². The van der Waals surface area contributed by atoms with Crippen molar-refractivity contribution in [3.63, 3.8) is 0 Å². The molecule has 116 valence electrons. The van der Waals surface area contributed by atoms with Gasteiger partial charge in [-0.2, -0.15) is 0 Å². The van der Waals surface area contributed by atoms with Crippen molar-refractivity contribution in [1.29, 1.82) is 0 Å². The SMILES string of the molecule is Cc1cccc(NC(=O)CN(C)Cc2ccc(Cl)cc2Cl)c1. The third-order valence-corrected chi connectivity index (χ3v) is 3.76. The average Bonchev–Trinajstić information content (AvgIpc) is 2.41. The van der Waals surface area contributed by atoms with Crippen LogP contribution in [0.4, 0.5) is 5.69 Å². The van der Waals surface area contributed by atoms with E-state index in [1.807, 2.05) is 49.2 Å². The molecule has 0 unspecified atom stereocenters. The van der Waals surface area contributed by atoms with Crippen molar-refractivity contribution in [2.45, 2.75) is 13.5 Å². The first-order valence-electron chi connectivity index (χ1n) is 6.93. The molecular formula is C17H18Cl2N2O. The zero-order chi connectivity index (χ0) is 16.1. The molecule has 3 nitrogen and oxygen atoms in total. The van der Waals surface area contributed by atoms with Gasteiger partial charge in [0, 0.05) is 22.3 Å². The summed E-state index contributed by atoms with van der Waals surface area (Å²) in [4.78, 5) is 14.0. The van der Waals surface area contributed by atoms with Gasteiger partial charge >= 0.3 is 0 Å². The minimum atomic E-state index is -0.0572. The fourth-order valence-corrected chi connectivity index (χ4v) is 2.63. The molecule has 0 spiro atoms. The first kappa shape index (κ1) is 16.8. The molecule has 0 atom stereocenters. The third kappa shape index (κ3) is 5.02. The molecule has 0 saturated heterocycles. The van der Waals surface area contributed by atoms with Crippen LogP contribution in [-0.4, -0.2) is 24.4 Å². The predicted molar refractivity (Wildman–Crippen MR) is 92.6 cm³/mol. The van der Waals surface area contributed by atoms with Gasteiger partial charge in [-0.05, 0) is 49.4 Å². The zero-order valence-corrected chi connectivity index (χ0v) is 14.1. The van der Waals surface area contributed by atoms with Crippen LogP contribution in [0.3, 0.4) is 0 Å². The fourth-order valence-electron chi connectivity index (χ4n) is 2.17. The Morgan fingerprint density at radius 2 is 1.95 bits per heavy atom. The standard InChI is InChI=1S/C17H18Cl2N2O/c1-12-4-3-5-15(8-12)20-17(22)11-21(2)10-13-6-7-14(18)9-16(13)19/h3-9H,10-11H2,1-2H3,(H,20,22). The van der Waals surface area contributed by atoms with E-state index in [9.17, 15) is 4.79 Å². The number of likely N-dealkylation sites (N-methyl/N-ethyl adjacent to an activating group) is 1. The molecule has 2 rings (SSSR count). The van der Waals surface area contributed by atoms with Gasteiger partial charge in [0.2, 0.25) is 5.91 Å². The molecule has 22 heavy (non-hydrogen) atoms. The first-order valence-corrected chi connectivity index (χ1v) is 7.68. The highest BCUT2D eigenvalue weighted by Crippen LogP contribution is 2.22. The monoisotopic (exact) mass is 336 g/mol. The zero-order valence-electron chi connectivity index (χ0n) is 12.6. The predicted octanol–water partition coefficient (Wildman–Crippen LogP) is 4.37. The molecule has 2 aromatic carbocycles. The van der Waals surface area contributed by atoms with E-state index < -0.39 is 0 Å². The molecular weight excluding hydrogens is 319 g/mol. The van der Waals surface area contributed by atoms with Gasteiger partial charge in [0.25, 0.3) is 0 Å². The summed E-state index contributed by atoms with van der Waals surface area (Å²) in [6.07, 6.45) is 0. The lowest BCUT2D eigenvalue weighted by molar-refractivity contribution is -0.117. The number of anilines is 1. The molecule has 0 saturated carbocycles. The number of aryl methyl sites for hydroxylation is 1. The summed E-state index contributed by atoms with van der Waals surface area (Å²) < 4.78 is 0. The summed E-state index contributed by atoms with van der Waals surface area (Å²) >= 11 is 12.0. The summed E-state index contributed by atoms with van der Waals surface area (Å²) in [6, 6.07) is 13.1. The highest BCUT2D eigenvalue weighted by atomic mass is 35.5. The van der Waals surface area contributed by atoms with E-state index in [-0.39, 0.29) is 12.5 Å². The Morgan fingerprint density at radius 1 is 1.18 bits per heavy atom. The largest absolute Gasteiger partial charge is 0.325 e. The Balaban J connectivity index is 1.91. The van der Waals surface area contributed by atoms with Gasteiger partial charge in [0.1, 0.15) is 0 Å². The number of halogens is 2. The minimum Gasteiger partial charge on any atom is -0.325 e. The normalized spacial score (nSPS) is 10.8. The molecule has 0 aliphatic carbocycles. The van der Waals surface area contributed by atoms with Crippen LogP contribution in [0, 0.1) is 6.92 Å². The van der Waals surface area contributed by atoms with Crippen molar-refractivity contribution in [2.75, 3.05) is 18.9 Å². The summed E-state index contributed by atoms with van der Waals surface area (Å²) in [5.41, 5.74) is 2.86. The molecule has 0 heterocycles. The second kappa shape index (κ2) is 7.63. The number of carbonyl (C=O) groups is 1. The number of carbonyl (C=O) groups excluding carboxylic acids is 1. The van der Waals surface area contributed by atoms with Crippen LogP contribution in [0.5, 0.6) is 0 Å². The number of nitrogens with zero attached hydrogens (tertiary/aromatic N) is 1. The smallest absolute Gasteiger partial charge is 0.238 e. The molecule has 0 bridgehead atoms. The Labute approximate surface area is 140 Å². The van der Waals surface area contributed by atoms with Crippen LogP contribution in [0.1, 0.15) is 11.1 Å². The molecule has 1 amide bonds. The summed E-state index contributed by atoms with van der Waals surface area (Å²) in [5, 5.41) is 4.10. The highest BCUT2D eigenvalue weighted by molar-refractivity contribution is 6.35. The molecule has 0 aromatic heterocycles. The number of hydrogen-bond acceptors (Lipinski definition) is 2. The van der Waals surface area contributed by atoms with Crippen LogP contribution < -0.4 is 5.32 Å². The van der Waals surface area contributed by atoms with E-state index in [1.165, 1.54) is 0 Å². The van der Waals surface area contributed by atoms with Crippen molar-refractivity contribution in [2.24, 2.45) is 0 Å². The number of rotatable bonds is 5. The first-order chi connectivity index (χ1) is 10.4. The number of hydrogen-bond donors (Lipinski definition) is 1.